The van der Waals surface area contributed by atoms with Gasteiger partial charge in [-0.2, -0.15) is 0 Å². The van der Waals surface area contributed by atoms with E-state index in [0.717, 1.165) is 16.8 Å². The molecule has 100 valence electrons. The number of nitrogens with zero attached hydrogens (tertiary/aromatic N) is 3. The van der Waals surface area contributed by atoms with Crippen molar-refractivity contribution in [1.29, 1.82) is 0 Å². The van der Waals surface area contributed by atoms with E-state index in [2.05, 4.69) is 15.0 Å². The average molecular weight is 275 g/mol. The number of aromatic nitrogens is 3. The molecule has 0 atom stereocenters. The van der Waals surface area contributed by atoms with Crippen LogP contribution in [0.2, 0.25) is 0 Å². The fourth-order valence-electron chi connectivity index (χ4n) is 1.79. The van der Waals surface area contributed by atoms with Crippen LogP contribution in [0.4, 0.5) is 0 Å². The van der Waals surface area contributed by atoms with Crippen molar-refractivity contribution in [2.24, 2.45) is 0 Å². The molecule has 0 saturated heterocycles. The molecule has 20 heavy (non-hydrogen) atoms. The van der Waals surface area contributed by atoms with Gasteiger partial charge in [-0.3, -0.25) is 0 Å². The zero-order valence-electron chi connectivity index (χ0n) is 9.60. The number of phenols is 1. The van der Waals surface area contributed by atoms with E-state index in [0.29, 0.717) is 0 Å². The van der Waals surface area contributed by atoms with Gasteiger partial charge in [0.15, 0.2) is 5.69 Å². The Hall–Kier alpha value is -3.23. The van der Waals surface area contributed by atoms with E-state index in [4.69, 9.17) is 5.11 Å². The van der Waals surface area contributed by atoms with Crippen LogP contribution < -0.4 is 0 Å². The first kappa shape index (κ1) is 11.8. The number of benzene rings is 1. The standard InChI is InChI=1S/C11H5N3O6/c15-6-2-1-4(3-5(6)9(16)17)14-8-7(12-13-14)10(18)20-11(8)19/h1-3,15H,(H,16,17). The summed E-state index contributed by atoms with van der Waals surface area (Å²) in [6.07, 6.45) is 0. The average Bonchev–Trinajstić information content (AvgIpc) is 2.93. The van der Waals surface area contributed by atoms with Crippen molar-refractivity contribution in [3.63, 3.8) is 0 Å². The third-order valence-electron chi connectivity index (χ3n) is 2.70. The van der Waals surface area contributed by atoms with Crippen LogP contribution in [0.1, 0.15) is 31.3 Å². The van der Waals surface area contributed by atoms with Crippen LogP contribution in [-0.4, -0.2) is 43.1 Å². The molecule has 0 unspecified atom stereocenters. The number of carboxylic acids is 1. The molecule has 0 spiro atoms. The second-order valence-electron chi connectivity index (χ2n) is 3.88. The molecule has 9 heteroatoms. The molecule has 1 aromatic carbocycles. The lowest BCUT2D eigenvalue weighted by atomic mass is 10.1. The van der Waals surface area contributed by atoms with Crippen molar-refractivity contribution < 1.29 is 29.3 Å². The molecular formula is C11H5N3O6. The van der Waals surface area contributed by atoms with Gasteiger partial charge in [0.05, 0.1) is 5.69 Å². The summed E-state index contributed by atoms with van der Waals surface area (Å²) in [6.45, 7) is 0. The van der Waals surface area contributed by atoms with Gasteiger partial charge in [0.1, 0.15) is 11.3 Å². The monoisotopic (exact) mass is 275 g/mol. The molecule has 0 fully saturated rings. The zero-order valence-corrected chi connectivity index (χ0v) is 9.60. The fourth-order valence-corrected chi connectivity index (χ4v) is 1.79. The van der Waals surface area contributed by atoms with E-state index < -0.39 is 23.7 Å². The smallest absolute Gasteiger partial charge is 0.369 e. The van der Waals surface area contributed by atoms with Crippen molar-refractivity contribution >= 4 is 17.9 Å². The molecule has 0 saturated carbocycles. The molecule has 2 N–H and O–H groups in total. The Bertz CT molecular complexity index is 778. The van der Waals surface area contributed by atoms with Gasteiger partial charge in [0.25, 0.3) is 0 Å². The van der Waals surface area contributed by atoms with Crippen LogP contribution in [0.5, 0.6) is 5.75 Å². The summed E-state index contributed by atoms with van der Waals surface area (Å²) < 4.78 is 5.35. The van der Waals surface area contributed by atoms with Gasteiger partial charge in [-0.05, 0) is 18.2 Å². The van der Waals surface area contributed by atoms with Crippen LogP contribution >= 0.6 is 0 Å². The van der Waals surface area contributed by atoms with Crippen molar-refractivity contribution in [2.75, 3.05) is 0 Å². The first-order valence-electron chi connectivity index (χ1n) is 5.28. The molecule has 0 amide bonds. The number of rotatable bonds is 2. The molecule has 2 aromatic rings. The van der Waals surface area contributed by atoms with Gasteiger partial charge >= 0.3 is 17.9 Å². The van der Waals surface area contributed by atoms with E-state index in [1.54, 1.807) is 0 Å². The molecule has 2 heterocycles. The number of fused-ring (bicyclic) bond motifs is 1. The highest BCUT2D eigenvalue weighted by atomic mass is 16.6. The number of ether oxygens (including phenoxy) is 1. The number of esters is 2. The van der Waals surface area contributed by atoms with Gasteiger partial charge in [0.2, 0.25) is 5.69 Å². The first-order chi connectivity index (χ1) is 9.49. The second-order valence-corrected chi connectivity index (χ2v) is 3.88. The number of hydrogen-bond acceptors (Lipinski definition) is 7. The number of aromatic carboxylic acids is 1. The maximum atomic E-state index is 11.5. The minimum atomic E-state index is -1.35. The topological polar surface area (TPSA) is 132 Å². The molecule has 1 aliphatic rings. The van der Waals surface area contributed by atoms with E-state index in [-0.39, 0.29) is 22.6 Å². The third-order valence-corrected chi connectivity index (χ3v) is 2.70. The second kappa shape index (κ2) is 3.88. The van der Waals surface area contributed by atoms with E-state index in [1.165, 1.54) is 6.07 Å². The SMILES string of the molecule is O=C(O)c1cc(-n2nnc3c2C(=O)OC3=O)ccc1O. The largest absolute Gasteiger partial charge is 0.507 e. The Morgan fingerprint density at radius 1 is 1.25 bits per heavy atom. The molecule has 1 aromatic heterocycles. The summed E-state index contributed by atoms with van der Waals surface area (Å²) in [4.78, 5) is 33.7. The van der Waals surface area contributed by atoms with Crippen LogP contribution in [0.3, 0.4) is 0 Å². The lowest BCUT2D eigenvalue weighted by molar-refractivity contribution is 0.0433. The number of aromatic hydroxyl groups is 1. The maximum absolute atomic E-state index is 11.5. The summed E-state index contributed by atoms with van der Waals surface area (Å²) in [7, 11) is 0. The molecule has 0 aliphatic carbocycles. The normalized spacial score (nSPS) is 13.2. The molecule has 0 bridgehead atoms. The summed E-state index contributed by atoms with van der Waals surface area (Å²) >= 11 is 0. The molecule has 1 aliphatic heterocycles. The van der Waals surface area contributed by atoms with Crippen molar-refractivity contribution in [2.45, 2.75) is 0 Å². The Kier molecular flexibility index (Phi) is 2.30. The quantitative estimate of drug-likeness (QED) is 0.577. The zero-order chi connectivity index (χ0) is 14.4. The number of hydrogen-bond donors (Lipinski definition) is 2. The van der Waals surface area contributed by atoms with Crippen molar-refractivity contribution in [1.82, 2.24) is 15.0 Å². The van der Waals surface area contributed by atoms with E-state index in [1.807, 2.05) is 0 Å². The molecular weight excluding hydrogens is 270 g/mol. The Morgan fingerprint density at radius 2 is 2.00 bits per heavy atom. The first-order valence-corrected chi connectivity index (χ1v) is 5.28. The highest BCUT2D eigenvalue weighted by Crippen LogP contribution is 2.24. The third kappa shape index (κ3) is 1.53. The molecule has 9 nitrogen and oxygen atoms in total. The lowest BCUT2D eigenvalue weighted by Gasteiger charge is -2.05. The fraction of sp³-hybridized carbons (Fsp3) is 0. The minimum absolute atomic E-state index is 0.153. The van der Waals surface area contributed by atoms with Gasteiger partial charge in [-0.15, -0.1) is 5.10 Å². The van der Waals surface area contributed by atoms with Crippen molar-refractivity contribution in [3.8, 4) is 11.4 Å². The summed E-state index contributed by atoms with van der Waals surface area (Å²) in [5, 5.41) is 25.5. The van der Waals surface area contributed by atoms with Gasteiger partial charge in [-0.25, -0.2) is 19.1 Å². The van der Waals surface area contributed by atoms with Crippen molar-refractivity contribution in [3.05, 3.63) is 35.2 Å². The van der Waals surface area contributed by atoms with Crippen LogP contribution in [-0.2, 0) is 4.74 Å². The number of cyclic esters (lactones) is 2. The van der Waals surface area contributed by atoms with Crippen LogP contribution in [0.25, 0.3) is 5.69 Å². The minimum Gasteiger partial charge on any atom is -0.507 e. The summed E-state index contributed by atoms with van der Waals surface area (Å²) in [5.41, 5.74) is -0.637. The number of carbonyl (C=O) groups excluding carboxylic acids is 2. The lowest BCUT2D eigenvalue weighted by Crippen LogP contribution is -2.09. The van der Waals surface area contributed by atoms with Crippen LogP contribution in [0, 0.1) is 0 Å². The Balaban J connectivity index is 2.19. The Morgan fingerprint density at radius 3 is 2.70 bits per heavy atom. The van der Waals surface area contributed by atoms with Gasteiger partial charge in [0, 0.05) is 0 Å². The molecule has 3 rings (SSSR count). The van der Waals surface area contributed by atoms with E-state index >= 15 is 0 Å². The van der Waals surface area contributed by atoms with Gasteiger partial charge in [-0.1, -0.05) is 5.21 Å². The predicted molar refractivity (Wildman–Crippen MR) is 59.7 cm³/mol. The van der Waals surface area contributed by atoms with Crippen LogP contribution in [0.15, 0.2) is 18.2 Å². The number of carbonyl (C=O) groups is 3. The highest BCUT2D eigenvalue weighted by molar-refractivity contribution is 6.12. The molecule has 0 radical (unpaired) electrons. The maximum Gasteiger partial charge on any atom is 0.369 e. The Labute approximate surface area is 110 Å². The summed E-state index contributed by atoms with van der Waals surface area (Å²) in [5.74, 6) is -3.61. The highest BCUT2D eigenvalue weighted by Gasteiger charge is 2.37. The predicted octanol–water partition coefficient (Wildman–Crippen LogP) is -0.0183. The van der Waals surface area contributed by atoms with E-state index in [9.17, 15) is 19.5 Å². The summed E-state index contributed by atoms with van der Waals surface area (Å²) in [6, 6.07) is 3.56. The van der Waals surface area contributed by atoms with Gasteiger partial charge < -0.3 is 14.9 Å². The number of carboxylic acid groups (broad SMARTS) is 1.